The SMILES string of the molecule is CCNc1cc(C)nc(CN(CC)c2ccccc2C)n1. The molecule has 112 valence electrons. The van der Waals surface area contributed by atoms with E-state index in [9.17, 15) is 0 Å². The van der Waals surface area contributed by atoms with Gasteiger partial charge in [0.1, 0.15) is 11.6 Å². The van der Waals surface area contributed by atoms with Crippen LogP contribution in [0.15, 0.2) is 30.3 Å². The molecule has 21 heavy (non-hydrogen) atoms. The molecule has 4 nitrogen and oxygen atoms in total. The van der Waals surface area contributed by atoms with Gasteiger partial charge in [-0.1, -0.05) is 18.2 Å². The van der Waals surface area contributed by atoms with Gasteiger partial charge in [-0.05, 0) is 39.3 Å². The van der Waals surface area contributed by atoms with Crippen molar-refractivity contribution < 1.29 is 0 Å². The molecule has 1 N–H and O–H groups in total. The predicted molar refractivity (Wildman–Crippen MR) is 88.8 cm³/mol. The van der Waals surface area contributed by atoms with Crippen molar-refractivity contribution in [2.45, 2.75) is 34.2 Å². The number of nitrogens with one attached hydrogen (secondary N) is 1. The minimum Gasteiger partial charge on any atom is -0.370 e. The van der Waals surface area contributed by atoms with E-state index in [4.69, 9.17) is 0 Å². The van der Waals surface area contributed by atoms with Gasteiger partial charge in [0.05, 0.1) is 6.54 Å². The largest absolute Gasteiger partial charge is 0.370 e. The molecule has 0 amide bonds. The molecule has 0 aliphatic heterocycles. The van der Waals surface area contributed by atoms with E-state index in [1.807, 2.05) is 13.0 Å². The maximum Gasteiger partial charge on any atom is 0.150 e. The topological polar surface area (TPSA) is 41.1 Å². The summed E-state index contributed by atoms with van der Waals surface area (Å²) in [6.45, 7) is 10.9. The summed E-state index contributed by atoms with van der Waals surface area (Å²) in [5, 5.41) is 3.26. The number of hydrogen-bond acceptors (Lipinski definition) is 4. The Kier molecular flexibility index (Phi) is 5.14. The number of aryl methyl sites for hydroxylation is 2. The highest BCUT2D eigenvalue weighted by molar-refractivity contribution is 5.53. The number of para-hydroxylation sites is 1. The summed E-state index contributed by atoms with van der Waals surface area (Å²) in [7, 11) is 0. The van der Waals surface area contributed by atoms with Gasteiger partial charge in [-0.25, -0.2) is 9.97 Å². The summed E-state index contributed by atoms with van der Waals surface area (Å²) >= 11 is 0. The molecule has 2 aromatic rings. The van der Waals surface area contributed by atoms with Gasteiger partial charge in [0.15, 0.2) is 0 Å². The highest BCUT2D eigenvalue weighted by atomic mass is 15.2. The molecule has 0 saturated carbocycles. The van der Waals surface area contributed by atoms with Gasteiger partial charge in [0, 0.05) is 30.5 Å². The Balaban J connectivity index is 2.24. The van der Waals surface area contributed by atoms with Crippen LogP contribution in [0.5, 0.6) is 0 Å². The Labute approximate surface area is 127 Å². The van der Waals surface area contributed by atoms with Crippen LogP contribution in [0.3, 0.4) is 0 Å². The summed E-state index contributed by atoms with van der Waals surface area (Å²) in [4.78, 5) is 11.5. The van der Waals surface area contributed by atoms with Gasteiger partial charge in [0.2, 0.25) is 0 Å². The molecule has 1 aromatic heterocycles. The summed E-state index contributed by atoms with van der Waals surface area (Å²) in [5.41, 5.74) is 3.52. The second kappa shape index (κ2) is 7.07. The first-order chi connectivity index (χ1) is 10.1. The fraction of sp³-hybridized carbons (Fsp3) is 0.412. The first-order valence-electron chi connectivity index (χ1n) is 7.53. The number of anilines is 2. The molecule has 0 saturated heterocycles. The van der Waals surface area contributed by atoms with Gasteiger partial charge < -0.3 is 10.2 Å². The highest BCUT2D eigenvalue weighted by Gasteiger charge is 2.10. The van der Waals surface area contributed by atoms with Crippen molar-refractivity contribution in [1.29, 1.82) is 0 Å². The van der Waals surface area contributed by atoms with Crippen LogP contribution >= 0.6 is 0 Å². The molecule has 2 rings (SSSR count). The third kappa shape index (κ3) is 3.94. The van der Waals surface area contributed by atoms with E-state index in [1.54, 1.807) is 0 Å². The van der Waals surface area contributed by atoms with Gasteiger partial charge in [-0.15, -0.1) is 0 Å². The van der Waals surface area contributed by atoms with Crippen LogP contribution < -0.4 is 10.2 Å². The summed E-state index contributed by atoms with van der Waals surface area (Å²) in [5.74, 6) is 1.76. The van der Waals surface area contributed by atoms with Crippen LogP contribution in [0.1, 0.15) is 30.9 Å². The zero-order valence-electron chi connectivity index (χ0n) is 13.3. The maximum atomic E-state index is 4.60. The van der Waals surface area contributed by atoms with E-state index in [0.29, 0.717) is 0 Å². The molecular formula is C17H24N4. The fourth-order valence-electron chi connectivity index (χ4n) is 2.43. The van der Waals surface area contributed by atoms with Crippen LogP contribution in [-0.4, -0.2) is 23.1 Å². The first-order valence-corrected chi connectivity index (χ1v) is 7.53. The minimum atomic E-state index is 0.724. The molecule has 0 aliphatic carbocycles. The number of rotatable bonds is 6. The van der Waals surface area contributed by atoms with E-state index in [0.717, 1.165) is 37.0 Å². The molecule has 4 heteroatoms. The minimum absolute atomic E-state index is 0.724. The predicted octanol–water partition coefficient (Wildman–Crippen LogP) is 3.55. The van der Waals surface area contributed by atoms with E-state index >= 15 is 0 Å². The molecule has 0 atom stereocenters. The molecule has 0 radical (unpaired) electrons. The van der Waals surface area contributed by atoms with Crippen LogP contribution in [0.25, 0.3) is 0 Å². The molecule has 0 spiro atoms. The van der Waals surface area contributed by atoms with E-state index < -0.39 is 0 Å². The first kappa shape index (κ1) is 15.3. The number of benzene rings is 1. The second-order valence-corrected chi connectivity index (χ2v) is 5.14. The lowest BCUT2D eigenvalue weighted by Crippen LogP contribution is -2.24. The third-order valence-corrected chi connectivity index (χ3v) is 3.43. The maximum absolute atomic E-state index is 4.60. The number of nitrogens with zero attached hydrogens (tertiary/aromatic N) is 3. The summed E-state index contributed by atoms with van der Waals surface area (Å²) in [6, 6.07) is 10.4. The summed E-state index contributed by atoms with van der Waals surface area (Å²) < 4.78 is 0. The van der Waals surface area contributed by atoms with Gasteiger partial charge >= 0.3 is 0 Å². The zero-order valence-corrected chi connectivity index (χ0v) is 13.3. The quantitative estimate of drug-likeness (QED) is 0.880. The number of aromatic nitrogens is 2. The lowest BCUT2D eigenvalue weighted by molar-refractivity contribution is 0.773. The number of hydrogen-bond donors (Lipinski definition) is 1. The van der Waals surface area contributed by atoms with Crippen LogP contribution in [0.2, 0.25) is 0 Å². The van der Waals surface area contributed by atoms with Gasteiger partial charge in [-0.2, -0.15) is 0 Å². The Bertz CT molecular complexity index is 595. The molecule has 1 heterocycles. The Morgan fingerprint density at radius 1 is 1.10 bits per heavy atom. The van der Waals surface area contributed by atoms with Crippen molar-refractivity contribution in [3.05, 3.63) is 47.4 Å². The van der Waals surface area contributed by atoms with Crippen molar-refractivity contribution in [3.63, 3.8) is 0 Å². The molecule has 0 unspecified atom stereocenters. The Morgan fingerprint density at radius 3 is 2.52 bits per heavy atom. The highest BCUT2D eigenvalue weighted by Crippen LogP contribution is 2.21. The fourth-order valence-corrected chi connectivity index (χ4v) is 2.43. The third-order valence-electron chi connectivity index (χ3n) is 3.43. The van der Waals surface area contributed by atoms with Crippen molar-refractivity contribution in [2.24, 2.45) is 0 Å². The molecule has 0 fully saturated rings. The van der Waals surface area contributed by atoms with Crippen LogP contribution in [0.4, 0.5) is 11.5 Å². The zero-order chi connectivity index (χ0) is 15.2. The second-order valence-electron chi connectivity index (χ2n) is 5.14. The lowest BCUT2D eigenvalue weighted by Gasteiger charge is -2.24. The Morgan fingerprint density at radius 2 is 1.86 bits per heavy atom. The van der Waals surface area contributed by atoms with Gasteiger partial charge in [0.25, 0.3) is 0 Å². The van der Waals surface area contributed by atoms with Crippen molar-refractivity contribution in [3.8, 4) is 0 Å². The molecule has 0 aliphatic rings. The van der Waals surface area contributed by atoms with Crippen LogP contribution in [0, 0.1) is 13.8 Å². The van der Waals surface area contributed by atoms with Gasteiger partial charge in [-0.3, -0.25) is 0 Å². The van der Waals surface area contributed by atoms with Crippen molar-refractivity contribution in [1.82, 2.24) is 9.97 Å². The lowest BCUT2D eigenvalue weighted by atomic mass is 10.2. The Hall–Kier alpha value is -2.10. The average molecular weight is 284 g/mol. The molecule has 0 bridgehead atoms. The normalized spacial score (nSPS) is 10.5. The van der Waals surface area contributed by atoms with E-state index in [2.05, 4.69) is 65.2 Å². The van der Waals surface area contributed by atoms with Crippen molar-refractivity contribution >= 4 is 11.5 Å². The molecular weight excluding hydrogens is 260 g/mol. The van der Waals surface area contributed by atoms with Crippen molar-refractivity contribution in [2.75, 3.05) is 23.3 Å². The van der Waals surface area contributed by atoms with E-state index in [1.165, 1.54) is 11.3 Å². The summed E-state index contributed by atoms with van der Waals surface area (Å²) in [6.07, 6.45) is 0. The standard InChI is InChI=1S/C17H24N4/c1-5-18-16-11-14(4)19-17(20-16)12-21(6-2)15-10-8-7-9-13(15)3/h7-11H,5-6,12H2,1-4H3,(H,18,19,20). The average Bonchev–Trinajstić information content (AvgIpc) is 2.45. The van der Waals surface area contributed by atoms with E-state index in [-0.39, 0.29) is 0 Å². The smallest absolute Gasteiger partial charge is 0.150 e. The molecule has 1 aromatic carbocycles. The monoisotopic (exact) mass is 284 g/mol. The van der Waals surface area contributed by atoms with Crippen LogP contribution in [-0.2, 0) is 6.54 Å².